The second-order valence-electron chi connectivity index (χ2n) is 5.32. The van der Waals surface area contributed by atoms with Crippen LogP contribution in [0, 0.1) is 5.92 Å². The van der Waals surface area contributed by atoms with Crippen molar-refractivity contribution in [3.05, 3.63) is 29.3 Å². The van der Waals surface area contributed by atoms with Gasteiger partial charge in [0, 0.05) is 19.0 Å². The van der Waals surface area contributed by atoms with Crippen molar-refractivity contribution in [2.24, 2.45) is 11.7 Å². The van der Waals surface area contributed by atoms with E-state index in [1.165, 1.54) is 4.70 Å². The SMILES string of the molecule is Cl.NC1CCCC1C(=O)NCCc1nc2ccccc2s1. The molecule has 0 spiro atoms. The van der Waals surface area contributed by atoms with Gasteiger partial charge in [-0.1, -0.05) is 18.6 Å². The van der Waals surface area contributed by atoms with Crippen LogP contribution in [-0.4, -0.2) is 23.5 Å². The Kier molecular flexibility index (Phi) is 5.56. The van der Waals surface area contributed by atoms with Crippen LogP contribution < -0.4 is 11.1 Å². The van der Waals surface area contributed by atoms with Gasteiger partial charge in [0.05, 0.1) is 21.1 Å². The Morgan fingerprint density at radius 2 is 2.19 bits per heavy atom. The lowest BCUT2D eigenvalue weighted by Gasteiger charge is -2.14. The summed E-state index contributed by atoms with van der Waals surface area (Å²) in [5, 5.41) is 4.07. The number of hydrogen-bond donors (Lipinski definition) is 2. The molecule has 0 saturated heterocycles. The minimum Gasteiger partial charge on any atom is -0.355 e. The molecule has 6 heteroatoms. The van der Waals surface area contributed by atoms with Crippen molar-refractivity contribution in [3.8, 4) is 0 Å². The van der Waals surface area contributed by atoms with E-state index in [0.717, 1.165) is 36.2 Å². The largest absolute Gasteiger partial charge is 0.355 e. The number of halogens is 1. The van der Waals surface area contributed by atoms with Gasteiger partial charge in [-0.25, -0.2) is 4.98 Å². The minimum absolute atomic E-state index is 0. The van der Waals surface area contributed by atoms with Gasteiger partial charge in [0.1, 0.15) is 0 Å². The van der Waals surface area contributed by atoms with E-state index in [0.29, 0.717) is 6.54 Å². The molecule has 1 aliphatic carbocycles. The highest BCUT2D eigenvalue weighted by molar-refractivity contribution is 7.18. The summed E-state index contributed by atoms with van der Waals surface area (Å²) >= 11 is 1.69. The molecule has 1 amide bonds. The van der Waals surface area contributed by atoms with Crippen LogP contribution in [0.2, 0.25) is 0 Å². The third-order valence-corrected chi connectivity index (χ3v) is 4.98. The molecule has 21 heavy (non-hydrogen) atoms. The van der Waals surface area contributed by atoms with Crippen molar-refractivity contribution in [2.75, 3.05) is 6.54 Å². The summed E-state index contributed by atoms with van der Waals surface area (Å²) in [6, 6.07) is 8.15. The maximum atomic E-state index is 12.0. The van der Waals surface area contributed by atoms with E-state index in [1.54, 1.807) is 11.3 Å². The molecule has 2 aromatic rings. The zero-order valence-corrected chi connectivity index (χ0v) is 13.4. The van der Waals surface area contributed by atoms with Crippen molar-refractivity contribution in [2.45, 2.75) is 31.7 Å². The molecule has 2 unspecified atom stereocenters. The van der Waals surface area contributed by atoms with Crippen LogP contribution in [0.1, 0.15) is 24.3 Å². The van der Waals surface area contributed by atoms with E-state index in [2.05, 4.69) is 16.4 Å². The van der Waals surface area contributed by atoms with Crippen LogP contribution in [-0.2, 0) is 11.2 Å². The smallest absolute Gasteiger partial charge is 0.224 e. The maximum absolute atomic E-state index is 12.0. The predicted octanol–water partition coefficient (Wildman–Crippen LogP) is 2.50. The van der Waals surface area contributed by atoms with Gasteiger partial charge in [0.2, 0.25) is 5.91 Å². The zero-order chi connectivity index (χ0) is 13.9. The molecule has 114 valence electrons. The Hall–Kier alpha value is -1.17. The highest BCUT2D eigenvalue weighted by Crippen LogP contribution is 2.24. The molecule has 2 atom stereocenters. The summed E-state index contributed by atoms with van der Waals surface area (Å²) in [7, 11) is 0. The summed E-state index contributed by atoms with van der Waals surface area (Å²) in [5.41, 5.74) is 6.98. The number of nitrogens with one attached hydrogen (secondary N) is 1. The van der Waals surface area contributed by atoms with Gasteiger partial charge in [-0.3, -0.25) is 4.79 Å². The number of para-hydroxylation sites is 1. The fourth-order valence-electron chi connectivity index (χ4n) is 2.76. The van der Waals surface area contributed by atoms with E-state index >= 15 is 0 Å². The molecule has 1 aromatic heterocycles. The Bertz CT molecular complexity index is 583. The number of fused-ring (bicyclic) bond motifs is 1. The summed E-state index contributed by atoms with van der Waals surface area (Å²) in [5.74, 6) is 0.112. The van der Waals surface area contributed by atoms with Crippen molar-refractivity contribution >= 4 is 39.9 Å². The Morgan fingerprint density at radius 3 is 2.90 bits per heavy atom. The van der Waals surface area contributed by atoms with Gasteiger partial charge in [-0.05, 0) is 25.0 Å². The van der Waals surface area contributed by atoms with Crippen molar-refractivity contribution in [1.82, 2.24) is 10.3 Å². The average Bonchev–Trinajstić information content (AvgIpc) is 3.04. The van der Waals surface area contributed by atoms with Crippen LogP contribution in [0.3, 0.4) is 0 Å². The number of carbonyl (C=O) groups excluding carboxylic acids is 1. The highest BCUT2D eigenvalue weighted by atomic mass is 35.5. The lowest BCUT2D eigenvalue weighted by molar-refractivity contribution is -0.125. The maximum Gasteiger partial charge on any atom is 0.224 e. The summed E-state index contributed by atoms with van der Waals surface area (Å²) < 4.78 is 1.20. The third kappa shape index (κ3) is 3.73. The van der Waals surface area contributed by atoms with E-state index < -0.39 is 0 Å². The minimum atomic E-state index is 0. The topological polar surface area (TPSA) is 68.0 Å². The molecule has 0 radical (unpaired) electrons. The fraction of sp³-hybridized carbons (Fsp3) is 0.467. The van der Waals surface area contributed by atoms with Gasteiger partial charge < -0.3 is 11.1 Å². The van der Waals surface area contributed by atoms with E-state index in [-0.39, 0.29) is 30.3 Å². The second-order valence-corrected chi connectivity index (χ2v) is 6.43. The number of benzene rings is 1. The molecule has 1 saturated carbocycles. The van der Waals surface area contributed by atoms with Crippen LogP contribution >= 0.6 is 23.7 Å². The summed E-state index contributed by atoms with van der Waals surface area (Å²) in [6.07, 6.45) is 3.74. The molecule has 0 aliphatic heterocycles. The normalized spacial score (nSPS) is 21.2. The molecule has 4 nitrogen and oxygen atoms in total. The molecule has 3 rings (SSSR count). The van der Waals surface area contributed by atoms with E-state index in [4.69, 9.17) is 5.73 Å². The number of nitrogens with two attached hydrogens (primary N) is 1. The standard InChI is InChI=1S/C15H19N3OS.ClH/c16-11-5-3-4-10(11)15(19)17-9-8-14-18-12-6-1-2-7-13(12)20-14;/h1-2,6-7,10-11H,3-5,8-9,16H2,(H,17,19);1H. The number of amides is 1. The zero-order valence-electron chi connectivity index (χ0n) is 11.7. The number of hydrogen-bond acceptors (Lipinski definition) is 4. The number of nitrogens with zero attached hydrogens (tertiary/aromatic N) is 1. The lowest BCUT2D eigenvalue weighted by Crippen LogP contribution is -2.39. The fourth-order valence-corrected chi connectivity index (χ4v) is 3.73. The first-order valence-electron chi connectivity index (χ1n) is 7.12. The van der Waals surface area contributed by atoms with Crippen molar-refractivity contribution in [1.29, 1.82) is 0 Å². The van der Waals surface area contributed by atoms with Gasteiger partial charge >= 0.3 is 0 Å². The summed E-state index contributed by atoms with van der Waals surface area (Å²) in [4.78, 5) is 16.6. The van der Waals surface area contributed by atoms with E-state index in [9.17, 15) is 4.79 Å². The molecule has 1 heterocycles. The molecule has 1 fully saturated rings. The van der Waals surface area contributed by atoms with Crippen LogP contribution in [0.25, 0.3) is 10.2 Å². The number of carbonyl (C=O) groups is 1. The molecular formula is C15H20ClN3OS. The predicted molar refractivity (Wildman–Crippen MR) is 88.9 cm³/mol. The molecule has 3 N–H and O–H groups in total. The Balaban J connectivity index is 0.00000161. The van der Waals surface area contributed by atoms with Crippen molar-refractivity contribution in [3.63, 3.8) is 0 Å². The van der Waals surface area contributed by atoms with Gasteiger partial charge in [-0.15, -0.1) is 23.7 Å². The van der Waals surface area contributed by atoms with Gasteiger partial charge in [0.15, 0.2) is 0 Å². The first kappa shape index (κ1) is 16.2. The number of thiazole rings is 1. The van der Waals surface area contributed by atoms with Crippen LogP contribution in [0.5, 0.6) is 0 Å². The Morgan fingerprint density at radius 1 is 1.38 bits per heavy atom. The lowest BCUT2D eigenvalue weighted by atomic mass is 10.0. The van der Waals surface area contributed by atoms with Crippen LogP contribution in [0.4, 0.5) is 0 Å². The number of rotatable bonds is 4. The Labute approximate surface area is 134 Å². The quantitative estimate of drug-likeness (QED) is 0.907. The summed E-state index contributed by atoms with van der Waals surface area (Å²) in [6.45, 7) is 0.641. The number of aromatic nitrogens is 1. The monoisotopic (exact) mass is 325 g/mol. The second kappa shape index (κ2) is 7.20. The van der Waals surface area contributed by atoms with E-state index in [1.807, 2.05) is 18.2 Å². The van der Waals surface area contributed by atoms with Crippen molar-refractivity contribution < 1.29 is 4.79 Å². The first-order chi connectivity index (χ1) is 9.74. The van der Waals surface area contributed by atoms with Gasteiger partial charge in [-0.2, -0.15) is 0 Å². The third-order valence-electron chi connectivity index (χ3n) is 3.88. The molecular weight excluding hydrogens is 306 g/mol. The molecule has 1 aromatic carbocycles. The highest BCUT2D eigenvalue weighted by Gasteiger charge is 2.29. The first-order valence-corrected chi connectivity index (χ1v) is 7.93. The van der Waals surface area contributed by atoms with Crippen LogP contribution in [0.15, 0.2) is 24.3 Å². The molecule has 1 aliphatic rings. The average molecular weight is 326 g/mol. The molecule has 0 bridgehead atoms. The van der Waals surface area contributed by atoms with Gasteiger partial charge in [0.25, 0.3) is 0 Å².